The number of anilines is 2. The van der Waals surface area contributed by atoms with Gasteiger partial charge >= 0.3 is 0 Å². The zero-order valence-corrected chi connectivity index (χ0v) is 17.2. The molecule has 0 bridgehead atoms. The Morgan fingerprint density at radius 3 is 2.31 bits per heavy atom. The maximum Gasteiger partial charge on any atom is 0.206 e. The van der Waals surface area contributed by atoms with E-state index in [9.17, 15) is 9.11 Å². The topological polar surface area (TPSA) is 65.0 Å². The zero-order valence-electron chi connectivity index (χ0n) is 16.4. The molecular weight excluding hydrogens is 384 g/mol. The minimum atomic E-state index is -3.23. The van der Waals surface area contributed by atoms with Crippen LogP contribution in [0.3, 0.4) is 0 Å². The van der Waals surface area contributed by atoms with Gasteiger partial charge < -0.3 is 10.1 Å². The summed E-state index contributed by atoms with van der Waals surface area (Å²) in [6.45, 7) is 0.792. The first-order chi connectivity index (χ1) is 14.1. The average molecular weight is 411 g/mol. The van der Waals surface area contributed by atoms with Crippen molar-refractivity contribution in [1.29, 1.82) is 0 Å². The van der Waals surface area contributed by atoms with Crippen LogP contribution >= 0.6 is 10.8 Å². The third-order valence-corrected chi connectivity index (χ3v) is 7.00. The lowest BCUT2D eigenvalue weighted by Crippen LogP contribution is -2.39. The van der Waals surface area contributed by atoms with Gasteiger partial charge in [0.2, 0.25) is 5.44 Å². The highest BCUT2D eigenvalue weighted by molar-refractivity contribution is 8.26. The van der Waals surface area contributed by atoms with Crippen LogP contribution in [0.15, 0.2) is 78.9 Å². The van der Waals surface area contributed by atoms with Gasteiger partial charge in [0.05, 0.1) is 5.69 Å². The second-order valence-electron chi connectivity index (χ2n) is 7.03. The minimum Gasteiger partial charge on any atom is -0.467 e. The van der Waals surface area contributed by atoms with Gasteiger partial charge in [-0.05, 0) is 55.4 Å². The van der Waals surface area contributed by atoms with Gasteiger partial charge in [-0.15, -0.1) is 0 Å². The van der Waals surface area contributed by atoms with E-state index in [0.717, 1.165) is 29.8 Å². The summed E-state index contributed by atoms with van der Waals surface area (Å²) < 4.78 is 30.3. The molecule has 0 radical (unpaired) electrons. The third kappa shape index (κ3) is 3.97. The average Bonchev–Trinajstić information content (AvgIpc) is 2.75. The van der Waals surface area contributed by atoms with Crippen LogP contribution in [0.4, 0.5) is 11.4 Å². The monoisotopic (exact) mass is 410 g/mol. The first kappa shape index (κ1) is 19.8. The molecule has 1 heterocycles. The summed E-state index contributed by atoms with van der Waals surface area (Å²) in [6, 6.07) is 25.4. The van der Waals surface area contributed by atoms with Crippen LogP contribution in [0.25, 0.3) is 11.1 Å². The number of para-hydroxylation sites is 1. The number of ether oxygens (including phenoxy) is 1. The number of fused-ring (bicyclic) bond motifs is 1. The normalized spacial score (nSPS) is 18.6. The lowest BCUT2D eigenvalue weighted by atomic mass is 10.0. The first-order valence-corrected chi connectivity index (χ1v) is 11.3. The minimum absolute atomic E-state index is 0.548. The molecule has 0 aromatic heterocycles. The van der Waals surface area contributed by atoms with Crippen LogP contribution in [0.1, 0.15) is 12.8 Å². The van der Waals surface area contributed by atoms with Gasteiger partial charge in [0.25, 0.3) is 0 Å². The SMILES string of the molecule is CNCCCC1Oc2ccc(-c3ccccc3)cc2N(c2ccccc2)S1(O)O. The molecule has 3 N–H and O–H groups in total. The van der Waals surface area contributed by atoms with E-state index in [0.29, 0.717) is 17.9 Å². The Bertz CT molecular complexity index is 951. The highest BCUT2D eigenvalue weighted by Gasteiger charge is 2.41. The molecule has 1 unspecified atom stereocenters. The summed E-state index contributed by atoms with van der Waals surface area (Å²) in [5, 5.41) is 3.10. The van der Waals surface area contributed by atoms with Gasteiger partial charge in [-0.2, -0.15) is 0 Å². The van der Waals surface area contributed by atoms with Crippen molar-refractivity contribution in [2.75, 3.05) is 17.9 Å². The molecular formula is C23H26N2O3S. The van der Waals surface area contributed by atoms with E-state index in [4.69, 9.17) is 4.74 Å². The molecule has 3 aromatic rings. The van der Waals surface area contributed by atoms with E-state index < -0.39 is 16.2 Å². The maximum absolute atomic E-state index is 11.3. The van der Waals surface area contributed by atoms with E-state index in [1.807, 2.05) is 85.9 Å². The zero-order chi connectivity index (χ0) is 20.3. The number of hydrogen-bond donors (Lipinski definition) is 3. The molecule has 152 valence electrons. The van der Waals surface area contributed by atoms with Crippen molar-refractivity contribution in [1.82, 2.24) is 5.32 Å². The fourth-order valence-electron chi connectivity index (χ4n) is 3.57. The predicted octanol–water partition coefficient (Wildman–Crippen LogP) is 5.88. The van der Waals surface area contributed by atoms with Crippen molar-refractivity contribution in [3.05, 3.63) is 78.9 Å². The van der Waals surface area contributed by atoms with Crippen molar-refractivity contribution in [3.63, 3.8) is 0 Å². The van der Waals surface area contributed by atoms with E-state index in [-0.39, 0.29) is 0 Å². The molecule has 1 atom stereocenters. The molecule has 0 amide bonds. The first-order valence-electron chi connectivity index (χ1n) is 9.74. The fraction of sp³-hybridized carbons (Fsp3) is 0.217. The van der Waals surface area contributed by atoms with Gasteiger partial charge in [0.1, 0.15) is 11.4 Å². The standard InChI is InChI=1S/C23H26N2O3S/c1-24-16-8-13-23-28-22-15-14-19(18-9-4-2-5-10-18)17-21(22)25(29(23,26)27)20-11-6-3-7-12-20/h2-7,9-12,14-15,17,23-24,26-27H,8,13,16H2,1H3. The molecule has 1 aliphatic heterocycles. The van der Waals surface area contributed by atoms with Crippen molar-refractivity contribution in [2.24, 2.45) is 0 Å². The number of benzene rings is 3. The Balaban J connectivity index is 1.80. The highest BCUT2D eigenvalue weighted by Crippen LogP contribution is 2.61. The molecule has 29 heavy (non-hydrogen) atoms. The van der Waals surface area contributed by atoms with Crippen molar-refractivity contribution < 1.29 is 13.8 Å². The van der Waals surface area contributed by atoms with Crippen LogP contribution in [0.2, 0.25) is 0 Å². The molecule has 0 spiro atoms. The van der Waals surface area contributed by atoms with Crippen molar-refractivity contribution in [3.8, 4) is 16.9 Å². The van der Waals surface area contributed by atoms with Gasteiger partial charge in [-0.25, -0.2) is 4.31 Å². The Kier molecular flexibility index (Phi) is 5.78. The second kappa shape index (κ2) is 8.47. The molecule has 0 aliphatic carbocycles. The van der Waals surface area contributed by atoms with Crippen molar-refractivity contribution >= 4 is 22.2 Å². The van der Waals surface area contributed by atoms with E-state index in [1.165, 1.54) is 0 Å². The summed E-state index contributed by atoms with van der Waals surface area (Å²) in [5.41, 5.74) is 2.78. The number of nitrogens with zero attached hydrogens (tertiary/aromatic N) is 1. The summed E-state index contributed by atoms with van der Waals surface area (Å²) in [6.07, 6.45) is 1.34. The molecule has 5 nitrogen and oxygen atoms in total. The largest absolute Gasteiger partial charge is 0.467 e. The van der Waals surface area contributed by atoms with Crippen LogP contribution in [-0.4, -0.2) is 28.1 Å². The summed E-state index contributed by atoms with van der Waals surface area (Å²) in [4.78, 5) is 0. The third-order valence-electron chi connectivity index (χ3n) is 5.02. The molecule has 1 aliphatic rings. The van der Waals surface area contributed by atoms with E-state index >= 15 is 0 Å². The van der Waals surface area contributed by atoms with E-state index in [2.05, 4.69) is 5.32 Å². The Morgan fingerprint density at radius 2 is 1.62 bits per heavy atom. The number of nitrogens with one attached hydrogen (secondary N) is 1. The number of rotatable bonds is 6. The Labute approximate surface area is 173 Å². The fourth-order valence-corrected chi connectivity index (χ4v) is 5.39. The smallest absolute Gasteiger partial charge is 0.206 e. The molecule has 4 rings (SSSR count). The summed E-state index contributed by atoms with van der Waals surface area (Å²) >= 11 is 0. The van der Waals surface area contributed by atoms with Gasteiger partial charge in [-0.3, -0.25) is 9.11 Å². The van der Waals surface area contributed by atoms with Crippen LogP contribution in [0, 0.1) is 0 Å². The van der Waals surface area contributed by atoms with E-state index in [1.54, 1.807) is 4.31 Å². The predicted molar refractivity (Wildman–Crippen MR) is 121 cm³/mol. The molecule has 6 heteroatoms. The Hall–Kier alpha value is -2.51. The molecule has 0 saturated heterocycles. The quantitative estimate of drug-likeness (QED) is 0.443. The van der Waals surface area contributed by atoms with Gasteiger partial charge in [-0.1, -0.05) is 65.4 Å². The lowest BCUT2D eigenvalue weighted by Gasteiger charge is -2.52. The van der Waals surface area contributed by atoms with Gasteiger partial charge in [0, 0.05) is 6.42 Å². The van der Waals surface area contributed by atoms with Gasteiger partial charge in [0.15, 0.2) is 0 Å². The van der Waals surface area contributed by atoms with Crippen molar-refractivity contribution in [2.45, 2.75) is 18.3 Å². The molecule has 0 fully saturated rings. The highest BCUT2D eigenvalue weighted by atomic mass is 32.3. The summed E-state index contributed by atoms with van der Waals surface area (Å²) in [5.74, 6) is 0.661. The number of hydrogen-bond acceptors (Lipinski definition) is 5. The Morgan fingerprint density at radius 1 is 0.931 bits per heavy atom. The van der Waals surface area contributed by atoms with Crippen LogP contribution in [-0.2, 0) is 0 Å². The van der Waals surface area contributed by atoms with Crippen LogP contribution < -0.4 is 14.4 Å². The molecule has 0 saturated carbocycles. The van der Waals surface area contributed by atoms with Crippen LogP contribution in [0.5, 0.6) is 5.75 Å². The maximum atomic E-state index is 11.3. The second-order valence-corrected chi connectivity index (χ2v) is 9.05. The molecule has 3 aromatic carbocycles. The summed E-state index contributed by atoms with van der Waals surface area (Å²) in [7, 11) is -1.34. The lowest BCUT2D eigenvalue weighted by molar-refractivity contribution is 0.236.